The van der Waals surface area contributed by atoms with Crippen molar-refractivity contribution in [1.82, 2.24) is 10.6 Å². The molecule has 2 N–H and O–H groups in total. The molecule has 0 bridgehead atoms. The largest absolute Gasteiger partial charge is 0.349 e. The maximum atomic E-state index is 12.4. The molecule has 0 spiro atoms. The van der Waals surface area contributed by atoms with Gasteiger partial charge in [-0.3, -0.25) is 9.59 Å². The molecule has 1 atom stereocenters. The van der Waals surface area contributed by atoms with Gasteiger partial charge in [-0.15, -0.1) is 22.7 Å². The normalized spacial score (nSPS) is 15.2. The second-order valence-electron chi connectivity index (χ2n) is 5.99. The number of hydrogen-bond donors (Lipinski definition) is 2. The number of rotatable bonds is 6. The number of amides is 2. The Bertz CT molecular complexity index is 716. The Morgan fingerprint density at radius 3 is 2.13 bits per heavy atom. The van der Waals surface area contributed by atoms with Crippen molar-refractivity contribution in [3.63, 3.8) is 0 Å². The van der Waals surface area contributed by atoms with E-state index in [0.717, 1.165) is 33.7 Å². The molecule has 6 heteroatoms. The van der Waals surface area contributed by atoms with Crippen LogP contribution in [-0.4, -0.2) is 24.4 Å². The van der Waals surface area contributed by atoms with Crippen LogP contribution in [0.5, 0.6) is 0 Å². The second-order valence-corrected chi connectivity index (χ2v) is 7.83. The molecule has 3 rings (SSSR count). The van der Waals surface area contributed by atoms with Crippen LogP contribution in [0.25, 0.3) is 0 Å². The summed E-state index contributed by atoms with van der Waals surface area (Å²) in [6.45, 7) is 4.36. The third kappa shape index (κ3) is 3.82. The molecule has 0 saturated heterocycles. The van der Waals surface area contributed by atoms with E-state index in [4.69, 9.17) is 0 Å². The van der Waals surface area contributed by atoms with Crippen molar-refractivity contribution in [2.75, 3.05) is 6.54 Å². The Hall–Kier alpha value is -1.66. The molecule has 2 amide bonds. The highest BCUT2D eigenvalue weighted by atomic mass is 32.1. The molecule has 23 heavy (non-hydrogen) atoms. The highest BCUT2D eigenvalue weighted by Gasteiger charge is 2.33. The lowest BCUT2D eigenvalue weighted by molar-refractivity contribution is 0.0907. The second kappa shape index (κ2) is 6.84. The highest BCUT2D eigenvalue weighted by molar-refractivity contribution is 7.12. The summed E-state index contributed by atoms with van der Waals surface area (Å²) >= 11 is 2.91. The average Bonchev–Trinajstić information content (AvgIpc) is 3.14. The van der Waals surface area contributed by atoms with Gasteiger partial charge in [0.25, 0.3) is 11.8 Å². The zero-order valence-corrected chi connectivity index (χ0v) is 14.9. The van der Waals surface area contributed by atoms with Crippen molar-refractivity contribution < 1.29 is 9.59 Å². The number of thiophene rings is 2. The van der Waals surface area contributed by atoms with Crippen molar-refractivity contribution in [3.05, 3.63) is 43.8 Å². The van der Waals surface area contributed by atoms with E-state index in [1.54, 1.807) is 0 Å². The minimum Gasteiger partial charge on any atom is -0.349 e. The molecule has 2 aromatic heterocycles. The number of carbonyl (C=O) groups excluding carboxylic acids is 2. The van der Waals surface area contributed by atoms with Crippen molar-refractivity contribution in [3.8, 4) is 0 Å². The highest BCUT2D eigenvalue weighted by Crippen LogP contribution is 2.33. The standard InChI is InChI=1S/C17H20N2O2S2/c1-10-5-7-22-14(10)16(20)18-9-13(12-3-4-12)19-17(21)15-11(2)6-8-23-15/h5-8,12-13H,3-4,9H2,1-2H3,(H,18,20)(H,19,21)/t13-/m0/s1. The zero-order chi connectivity index (χ0) is 16.4. The zero-order valence-electron chi connectivity index (χ0n) is 13.2. The van der Waals surface area contributed by atoms with Crippen LogP contribution in [0.4, 0.5) is 0 Å². The minimum absolute atomic E-state index is 0.00761. The van der Waals surface area contributed by atoms with E-state index in [1.807, 2.05) is 36.7 Å². The van der Waals surface area contributed by atoms with Crippen LogP contribution in [0.1, 0.15) is 43.3 Å². The fourth-order valence-corrected chi connectivity index (χ4v) is 4.23. The molecule has 1 aliphatic carbocycles. The molecule has 2 heterocycles. The van der Waals surface area contributed by atoms with Crippen molar-refractivity contribution in [2.45, 2.75) is 32.7 Å². The van der Waals surface area contributed by atoms with Gasteiger partial charge in [-0.05, 0) is 66.6 Å². The van der Waals surface area contributed by atoms with Crippen molar-refractivity contribution in [1.29, 1.82) is 0 Å². The van der Waals surface area contributed by atoms with E-state index in [2.05, 4.69) is 10.6 Å². The van der Waals surface area contributed by atoms with Gasteiger partial charge in [0.2, 0.25) is 0 Å². The van der Waals surface area contributed by atoms with E-state index < -0.39 is 0 Å². The average molecular weight is 348 g/mol. The van der Waals surface area contributed by atoms with Gasteiger partial charge in [-0.25, -0.2) is 0 Å². The third-order valence-corrected chi connectivity index (χ3v) is 6.16. The summed E-state index contributed by atoms with van der Waals surface area (Å²) in [5.74, 6) is 0.393. The van der Waals surface area contributed by atoms with Gasteiger partial charge < -0.3 is 10.6 Å². The quantitative estimate of drug-likeness (QED) is 0.841. The molecule has 4 nitrogen and oxygen atoms in total. The van der Waals surface area contributed by atoms with E-state index in [9.17, 15) is 9.59 Å². The van der Waals surface area contributed by atoms with E-state index in [0.29, 0.717) is 12.5 Å². The lowest BCUT2D eigenvalue weighted by Gasteiger charge is -2.18. The summed E-state index contributed by atoms with van der Waals surface area (Å²) in [7, 11) is 0. The van der Waals surface area contributed by atoms with E-state index >= 15 is 0 Å². The van der Waals surface area contributed by atoms with Crippen LogP contribution in [-0.2, 0) is 0 Å². The van der Waals surface area contributed by atoms with Gasteiger partial charge in [0.1, 0.15) is 0 Å². The van der Waals surface area contributed by atoms with Gasteiger partial charge in [0.05, 0.1) is 9.75 Å². The Morgan fingerprint density at radius 2 is 1.65 bits per heavy atom. The van der Waals surface area contributed by atoms with Crippen LogP contribution >= 0.6 is 22.7 Å². The summed E-state index contributed by atoms with van der Waals surface area (Å²) in [4.78, 5) is 26.1. The number of nitrogens with one attached hydrogen (secondary N) is 2. The first kappa shape index (κ1) is 16.2. The number of aryl methyl sites for hydroxylation is 2. The molecular formula is C17H20N2O2S2. The van der Waals surface area contributed by atoms with Gasteiger partial charge in [-0.1, -0.05) is 0 Å². The summed E-state index contributed by atoms with van der Waals surface area (Å²) in [6.07, 6.45) is 2.23. The van der Waals surface area contributed by atoms with Gasteiger partial charge in [-0.2, -0.15) is 0 Å². The van der Waals surface area contributed by atoms with Crippen molar-refractivity contribution in [2.24, 2.45) is 5.92 Å². The number of carbonyl (C=O) groups is 2. The third-order valence-electron chi connectivity index (χ3n) is 4.13. The molecule has 1 saturated carbocycles. The topological polar surface area (TPSA) is 58.2 Å². The lowest BCUT2D eigenvalue weighted by Crippen LogP contribution is -2.45. The van der Waals surface area contributed by atoms with Crippen LogP contribution in [0.3, 0.4) is 0 Å². The van der Waals surface area contributed by atoms with Crippen LogP contribution in [0, 0.1) is 19.8 Å². The summed E-state index contributed by atoms with van der Waals surface area (Å²) in [6, 6.07) is 3.90. The molecule has 0 aliphatic heterocycles. The van der Waals surface area contributed by atoms with Gasteiger partial charge >= 0.3 is 0 Å². The predicted molar refractivity (Wildman–Crippen MR) is 94.4 cm³/mol. The molecule has 122 valence electrons. The first-order valence-electron chi connectivity index (χ1n) is 7.73. The molecule has 2 aromatic rings. The molecule has 1 aliphatic rings. The first-order chi connectivity index (χ1) is 11.1. The van der Waals surface area contributed by atoms with Crippen LogP contribution in [0.2, 0.25) is 0 Å². The smallest absolute Gasteiger partial charge is 0.261 e. The molecule has 1 fully saturated rings. The Labute approximate surface area is 143 Å². The number of hydrogen-bond acceptors (Lipinski definition) is 4. The monoisotopic (exact) mass is 348 g/mol. The SMILES string of the molecule is Cc1ccsc1C(=O)NC[C@H](NC(=O)c1sccc1C)C1CC1. The Morgan fingerprint density at radius 1 is 1.09 bits per heavy atom. The Balaban J connectivity index is 1.59. The van der Waals surface area contributed by atoms with E-state index in [-0.39, 0.29) is 17.9 Å². The molecular weight excluding hydrogens is 328 g/mol. The molecule has 0 aromatic carbocycles. The van der Waals surface area contributed by atoms with Gasteiger partial charge in [0.15, 0.2) is 0 Å². The maximum Gasteiger partial charge on any atom is 0.261 e. The summed E-state index contributed by atoms with van der Waals surface area (Å²) in [5, 5.41) is 9.92. The lowest BCUT2D eigenvalue weighted by atomic mass is 10.1. The fraction of sp³-hybridized carbons (Fsp3) is 0.412. The predicted octanol–water partition coefficient (Wildman–Crippen LogP) is 3.36. The molecule has 0 radical (unpaired) electrons. The Kier molecular flexibility index (Phi) is 4.82. The van der Waals surface area contributed by atoms with Crippen LogP contribution in [0.15, 0.2) is 22.9 Å². The van der Waals surface area contributed by atoms with E-state index in [1.165, 1.54) is 22.7 Å². The molecule has 0 unspecified atom stereocenters. The maximum absolute atomic E-state index is 12.4. The van der Waals surface area contributed by atoms with Crippen LogP contribution < -0.4 is 10.6 Å². The first-order valence-corrected chi connectivity index (χ1v) is 9.49. The summed E-state index contributed by atoms with van der Waals surface area (Å²) in [5.41, 5.74) is 1.99. The summed E-state index contributed by atoms with van der Waals surface area (Å²) < 4.78 is 0. The minimum atomic E-state index is -0.0512. The fourth-order valence-electron chi connectivity index (χ4n) is 2.56. The van der Waals surface area contributed by atoms with Gasteiger partial charge in [0, 0.05) is 12.6 Å². The van der Waals surface area contributed by atoms with Crippen molar-refractivity contribution >= 4 is 34.5 Å².